The summed E-state index contributed by atoms with van der Waals surface area (Å²) in [4.78, 5) is 39.0. The van der Waals surface area contributed by atoms with Crippen molar-refractivity contribution in [1.29, 1.82) is 0 Å². The molecule has 1 spiro atoms. The maximum absolute atomic E-state index is 13.7. The van der Waals surface area contributed by atoms with E-state index in [4.69, 9.17) is 4.74 Å². The zero-order chi connectivity index (χ0) is 20.8. The van der Waals surface area contributed by atoms with E-state index < -0.39 is 35.1 Å². The number of hydrogen-bond donors (Lipinski definition) is 2. The summed E-state index contributed by atoms with van der Waals surface area (Å²) in [6.45, 7) is 9.11. The molecule has 28 heavy (non-hydrogen) atoms. The maximum Gasteiger partial charge on any atom is 0.303 e. The van der Waals surface area contributed by atoms with Gasteiger partial charge in [-0.2, -0.15) is 0 Å². The first kappa shape index (κ1) is 19.8. The number of Topliss-reactive ketones (excluding diaryl/α,β-unsaturated/α-hetero) is 2. The molecule has 0 aromatic carbocycles. The first-order valence-corrected chi connectivity index (χ1v) is 10.3. The van der Waals surface area contributed by atoms with E-state index in [0.29, 0.717) is 18.4 Å². The lowest BCUT2D eigenvalue weighted by Gasteiger charge is -2.58. The molecule has 6 heteroatoms. The fourth-order valence-electron chi connectivity index (χ4n) is 6.86. The standard InChI is InChI=1S/C22H30O6/c1-10-9-22(10)18(27)12-13(15(25)19(22)28-11(2)23)21(5)8-6-7-20(3,4)17(21)16(26)14(12)24/h10,14,16-17,19,24,26H,6-9H2,1-5H3/t10-,14+,16-,17+,19-,21-,22-/m1/s1. The topological polar surface area (TPSA) is 101 Å². The SMILES string of the molecule is CC(=O)O[C@@H]1C(=O)C2=C(C(=O)[C@]13C[C@H]3C)[C@H](O)[C@@H](O)[C@H]1C(C)(C)CCC[C@]21C. The average Bonchev–Trinajstić information content (AvgIpc) is 3.24. The van der Waals surface area contributed by atoms with Crippen molar-refractivity contribution in [3.05, 3.63) is 11.1 Å². The number of carbonyl (C=O) groups excluding carboxylic acids is 3. The molecule has 0 aliphatic heterocycles. The molecule has 0 saturated heterocycles. The fraction of sp³-hybridized carbons (Fsp3) is 0.773. The molecule has 4 rings (SSSR count). The van der Waals surface area contributed by atoms with Gasteiger partial charge in [0.2, 0.25) is 5.78 Å². The van der Waals surface area contributed by atoms with Crippen LogP contribution in [0.4, 0.5) is 0 Å². The Morgan fingerprint density at radius 1 is 1.14 bits per heavy atom. The van der Waals surface area contributed by atoms with Crippen LogP contribution in [0.2, 0.25) is 0 Å². The van der Waals surface area contributed by atoms with Gasteiger partial charge in [0.05, 0.1) is 11.5 Å². The molecule has 4 aliphatic rings. The zero-order valence-corrected chi connectivity index (χ0v) is 17.2. The molecule has 0 aromatic rings. The lowest BCUT2D eigenvalue weighted by Crippen LogP contribution is -2.63. The van der Waals surface area contributed by atoms with Crippen molar-refractivity contribution in [2.24, 2.45) is 28.1 Å². The van der Waals surface area contributed by atoms with Crippen LogP contribution < -0.4 is 0 Å². The molecule has 7 atom stereocenters. The molecule has 0 bridgehead atoms. The summed E-state index contributed by atoms with van der Waals surface area (Å²) in [5.74, 6) is -1.74. The molecule has 0 aromatic heterocycles. The molecule has 6 nitrogen and oxygen atoms in total. The third-order valence-electron chi connectivity index (χ3n) is 8.11. The van der Waals surface area contributed by atoms with Gasteiger partial charge in [0.15, 0.2) is 11.9 Å². The van der Waals surface area contributed by atoms with E-state index in [1.54, 1.807) is 0 Å². The van der Waals surface area contributed by atoms with Gasteiger partial charge in [-0.25, -0.2) is 0 Å². The van der Waals surface area contributed by atoms with Crippen molar-refractivity contribution < 1.29 is 29.3 Å². The van der Waals surface area contributed by atoms with E-state index >= 15 is 0 Å². The molecule has 0 amide bonds. The molecular formula is C22H30O6. The molecule has 2 fully saturated rings. The number of ketones is 2. The number of aliphatic hydroxyl groups is 2. The van der Waals surface area contributed by atoms with Gasteiger partial charge in [-0.15, -0.1) is 0 Å². The first-order valence-electron chi connectivity index (χ1n) is 10.3. The van der Waals surface area contributed by atoms with Crippen LogP contribution in [0.15, 0.2) is 11.1 Å². The zero-order valence-electron chi connectivity index (χ0n) is 17.2. The van der Waals surface area contributed by atoms with Crippen molar-refractivity contribution in [3.63, 3.8) is 0 Å². The Balaban J connectivity index is 1.94. The minimum Gasteiger partial charge on any atom is -0.453 e. The highest BCUT2D eigenvalue weighted by molar-refractivity contribution is 6.20. The predicted molar refractivity (Wildman–Crippen MR) is 100 cm³/mol. The van der Waals surface area contributed by atoms with Crippen molar-refractivity contribution in [1.82, 2.24) is 0 Å². The summed E-state index contributed by atoms with van der Waals surface area (Å²) in [7, 11) is 0. The van der Waals surface area contributed by atoms with Crippen LogP contribution in [0.5, 0.6) is 0 Å². The second-order valence-corrected chi connectivity index (χ2v) is 10.3. The van der Waals surface area contributed by atoms with E-state index in [1.807, 2.05) is 27.7 Å². The average molecular weight is 390 g/mol. The Hall–Kier alpha value is -1.53. The van der Waals surface area contributed by atoms with Crippen LogP contribution in [-0.2, 0) is 19.1 Å². The number of ether oxygens (including phenoxy) is 1. The molecule has 2 saturated carbocycles. The van der Waals surface area contributed by atoms with Crippen molar-refractivity contribution in [2.45, 2.75) is 78.6 Å². The Bertz CT molecular complexity index is 810. The summed E-state index contributed by atoms with van der Waals surface area (Å²) < 4.78 is 5.42. The normalized spacial score (nSPS) is 46.9. The van der Waals surface area contributed by atoms with Gasteiger partial charge in [0.25, 0.3) is 0 Å². The van der Waals surface area contributed by atoms with Crippen molar-refractivity contribution >= 4 is 17.5 Å². The van der Waals surface area contributed by atoms with E-state index in [2.05, 4.69) is 0 Å². The lowest BCUT2D eigenvalue weighted by molar-refractivity contribution is -0.166. The van der Waals surface area contributed by atoms with E-state index in [9.17, 15) is 24.6 Å². The second kappa shape index (κ2) is 5.76. The Morgan fingerprint density at radius 2 is 1.75 bits per heavy atom. The van der Waals surface area contributed by atoms with Crippen LogP contribution in [-0.4, -0.2) is 46.1 Å². The van der Waals surface area contributed by atoms with Gasteiger partial charge >= 0.3 is 5.97 Å². The third-order valence-corrected chi connectivity index (χ3v) is 8.11. The predicted octanol–water partition coefficient (Wildman–Crippen LogP) is 1.96. The largest absolute Gasteiger partial charge is 0.453 e. The minimum absolute atomic E-state index is 0.0710. The summed E-state index contributed by atoms with van der Waals surface area (Å²) >= 11 is 0. The Kier molecular flexibility index (Phi) is 4.07. The summed E-state index contributed by atoms with van der Waals surface area (Å²) in [6.07, 6.45) is -0.788. The highest BCUT2D eigenvalue weighted by atomic mass is 16.5. The highest BCUT2D eigenvalue weighted by Gasteiger charge is 2.73. The number of aliphatic hydroxyl groups excluding tert-OH is 2. The van der Waals surface area contributed by atoms with Crippen LogP contribution in [0, 0.1) is 28.1 Å². The first-order chi connectivity index (χ1) is 12.9. The third kappa shape index (κ3) is 2.25. The molecule has 0 radical (unpaired) electrons. The van der Waals surface area contributed by atoms with Gasteiger partial charge in [-0.05, 0) is 30.6 Å². The molecule has 0 unspecified atom stereocenters. The van der Waals surface area contributed by atoms with E-state index in [1.165, 1.54) is 6.92 Å². The van der Waals surface area contributed by atoms with Crippen LogP contribution >= 0.6 is 0 Å². The Morgan fingerprint density at radius 3 is 2.29 bits per heavy atom. The van der Waals surface area contributed by atoms with E-state index in [0.717, 1.165) is 12.8 Å². The number of rotatable bonds is 1. The molecule has 0 heterocycles. The van der Waals surface area contributed by atoms with Crippen molar-refractivity contribution in [3.8, 4) is 0 Å². The number of hydrogen-bond acceptors (Lipinski definition) is 6. The molecular weight excluding hydrogens is 360 g/mol. The number of carbonyl (C=O) groups is 3. The Labute approximate surface area is 165 Å². The number of esters is 1. The van der Waals surface area contributed by atoms with E-state index in [-0.39, 0.29) is 34.4 Å². The van der Waals surface area contributed by atoms with Crippen molar-refractivity contribution in [2.75, 3.05) is 0 Å². The summed E-state index contributed by atoms with van der Waals surface area (Å²) in [6, 6.07) is 0. The molecule has 2 N–H and O–H groups in total. The minimum atomic E-state index is -1.38. The monoisotopic (exact) mass is 390 g/mol. The molecule has 154 valence electrons. The quantitative estimate of drug-likeness (QED) is 0.664. The number of fused-ring (bicyclic) bond motifs is 2. The van der Waals surface area contributed by atoms with Gasteiger partial charge < -0.3 is 14.9 Å². The van der Waals surface area contributed by atoms with Gasteiger partial charge in [0, 0.05) is 29.4 Å². The molecule has 4 aliphatic carbocycles. The fourth-order valence-corrected chi connectivity index (χ4v) is 6.86. The highest BCUT2D eigenvalue weighted by Crippen LogP contribution is 2.66. The summed E-state index contributed by atoms with van der Waals surface area (Å²) in [5.41, 5.74) is -1.75. The smallest absolute Gasteiger partial charge is 0.303 e. The summed E-state index contributed by atoms with van der Waals surface area (Å²) in [5, 5.41) is 22.0. The van der Waals surface area contributed by atoms with Gasteiger partial charge in [-0.1, -0.05) is 34.1 Å². The van der Waals surface area contributed by atoms with Gasteiger partial charge in [-0.3, -0.25) is 14.4 Å². The van der Waals surface area contributed by atoms with Crippen LogP contribution in [0.1, 0.15) is 60.3 Å². The second-order valence-electron chi connectivity index (χ2n) is 10.3. The maximum atomic E-state index is 13.7. The van der Waals surface area contributed by atoms with Gasteiger partial charge in [0.1, 0.15) is 6.10 Å². The lowest BCUT2D eigenvalue weighted by atomic mass is 9.46. The van der Waals surface area contributed by atoms with Crippen LogP contribution in [0.25, 0.3) is 0 Å². The van der Waals surface area contributed by atoms with Crippen LogP contribution in [0.3, 0.4) is 0 Å².